The number of hydrogen-bond acceptors (Lipinski definition) is 5. The van der Waals surface area contributed by atoms with E-state index in [0.29, 0.717) is 18.0 Å². The number of hydrogen-bond donors (Lipinski definition) is 2. The van der Waals surface area contributed by atoms with E-state index in [2.05, 4.69) is 0 Å². The van der Waals surface area contributed by atoms with E-state index in [0.717, 1.165) is 0 Å². The Bertz CT molecular complexity index is 741. The molecule has 27 heavy (non-hydrogen) atoms. The normalized spacial score (nSPS) is 22.0. The highest BCUT2D eigenvalue weighted by Gasteiger charge is 2.43. The fourth-order valence-corrected chi connectivity index (χ4v) is 3.63. The number of piperidine rings is 1. The maximum atomic E-state index is 12.8. The van der Waals surface area contributed by atoms with Crippen LogP contribution in [0.3, 0.4) is 0 Å². The molecule has 2 saturated heterocycles. The Labute approximate surface area is 157 Å². The minimum atomic E-state index is -1.77. The fraction of sp³-hybridized carbons (Fsp3) is 0.526. The quantitative estimate of drug-likeness (QED) is 0.790. The molecule has 0 radical (unpaired) electrons. The smallest absolute Gasteiger partial charge is 0.335 e. The molecule has 8 heteroatoms. The minimum Gasteiger partial charge on any atom is -0.492 e. The van der Waals surface area contributed by atoms with Crippen LogP contribution in [0, 0.1) is 5.92 Å². The van der Waals surface area contributed by atoms with Crippen LogP contribution in [0.2, 0.25) is 0 Å². The summed E-state index contributed by atoms with van der Waals surface area (Å²) in [5.41, 5.74) is -1.12. The second-order valence-electron chi connectivity index (χ2n) is 6.97. The topological polar surface area (TPSA) is 107 Å². The molecule has 1 aromatic carbocycles. The van der Waals surface area contributed by atoms with Crippen molar-refractivity contribution in [2.75, 3.05) is 31.1 Å². The van der Waals surface area contributed by atoms with Crippen molar-refractivity contribution in [1.29, 1.82) is 0 Å². The van der Waals surface area contributed by atoms with Crippen LogP contribution >= 0.6 is 0 Å². The van der Waals surface area contributed by atoms with E-state index >= 15 is 0 Å². The molecule has 2 aliphatic heterocycles. The average molecular weight is 376 g/mol. The number of nitrogens with zero attached hydrogens (tertiary/aromatic N) is 2. The number of benzene rings is 1. The third-order valence-electron chi connectivity index (χ3n) is 5.23. The molecule has 8 nitrogen and oxygen atoms in total. The van der Waals surface area contributed by atoms with Gasteiger partial charge in [-0.3, -0.25) is 9.59 Å². The van der Waals surface area contributed by atoms with Crippen LogP contribution in [0.1, 0.15) is 26.2 Å². The molecular formula is C19H24N2O6. The molecule has 0 saturated carbocycles. The van der Waals surface area contributed by atoms with Gasteiger partial charge in [0.2, 0.25) is 11.8 Å². The van der Waals surface area contributed by atoms with Crippen LogP contribution in [0.4, 0.5) is 5.69 Å². The van der Waals surface area contributed by atoms with Gasteiger partial charge in [-0.05, 0) is 19.1 Å². The summed E-state index contributed by atoms with van der Waals surface area (Å²) in [4.78, 5) is 39.5. The predicted molar refractivity (Wildman–Crippen MR) is 96.5 cm³/mol. The molecule has 146 valence electrons. The molecule has 0 spiro atoms. The number of carboxylic acids is 1. The lowest BCUT2D eigenvalue weighted by Gasteiger charge is -2.36. The number of rotatable bonds is 5. The van der Waals surface area contributed by atoms with Crippen LogP contribution in [0.25, 0.3) is 0 Å². The number of likely N-dealkylation sites (tertiary alicyclic amines) is 1. The second-order valence-corrected chi connectivity index (χ2v) is 6.97. The first kappa shape index (κ1) is 19.2. The molecule has 2 N–H and O–H groups in total. The first-order valence-electron chi connectivity index (χ1n) is 9.12. The summed E-state index contributed by atoms with van der Waals surface area (Å²) < 4.78 is 5.58. The van der Waals surface area contributed by atoms with Gasteiger partial charge in [-0.25, -0.2) is 4.79 Å². The Morgan fingerprint density at radius 2 is 1.93 bits per heavy atom. The number of anilines is 1. The number of amides is 2. The maximum Gasteiger partial charge on any atom is 0.335 e. The van der Waals surface area contributed by atoms with Gasteiger partial charge in [0.05, 0.1) is 18.2 Å². The largest absolute Gasteiger partial charge is 0.492 e. The number of para-hydroxylation sites is 2. The van der Waals surface area contributed by atoms with Crippen LogP contribution in [0.15, 0.2) is 24.3 Å². The van der Waals surface area contributed by atoms with Crippen LogP contribution in [-0.4, -0.2) is 64.7 Å². The lowest BCUT2D eigenvalue weighted by atomic mass is 9.91. The van der Waals surface area contributed by atoms with Gasteiger partial charge in [-0.2, -0.15) is 0 Å². The van der Waals surface area contributed by atoms with E-state index in [9.17, 15) is 19.5 Å². The van der Waals surface area contributed by atoms with Crippen LogP contribution in [0.5, 0.6) is 5.75 Å². The zero-order chi connectivity index (χ0) is 19.6. The highest BCUT2D eigenvalue weighted by molar-refractivity contribution is 6.01. The number of carboxylic acid groups (broad SMARTS) is 1. The molecule has 3 rings (SSSR count). The number of carbonyl (C=O) groups excluding carboxylic acids is 2. The van der Waals surface area contributed by atoms with Crippen molar-refractivity contribution in [1.82, 2.24) is 4.90 Å². The molecular weight excluding hydrogens is 352 g/mol. The summed E-state index contributed by atoms with van der Waals surface area (Å²) >= 11 is 0. The first-order valence-corrected chi connectivity index (χ1v) is 9.12. The number of aliphatic carboxylic acids is 1. The van der Waals surface area contributed by atoms with Gasteiger partial charge in [0.25, 0.3) is 0 Å². The van der Waals surface area contributed by atoms with Gasteiger partial charge in [-0.1, -0.05) is 12.1 Å². The summed E-state index contributed by atoms with van der Waals surface area (Å²) in [7, 11) is 0. The van der Waals surface area contributed by atoms with Gasteiger partial charge in [0.15, 0.2) is 5.60 Å². The predicted octanol–water partition coefficient (Wildman–Crippen LogP) is 0.876. The van der Waals surface area contributed by atoms with E-state index in [1.165, 1.54) is 0 Å². The van der Waals surface area contributed by atoms with Crippen LogP contribution in [-0.2, 0) is 14.4 Å². The van der Waals surface area contributed by atoms with Crippen molar-refractivity contribution in [2.45, 2.75) is 31.8 Å². The van der Waals surface area contributed by atoms with Gasteiger partial charge >= 0.3 is 5.97 Å². The van der Waals surface area contributed by atoms with Crippen molar-refractivity contribution in [3.8, 4) is 5.75 Å². The maximum absolute atomic E-state index is 12.8. The Hall–Kier alpha value is -2.61. The van der Waals surface area contributed by atoms with Gasteiger partial charge in [-0.15, -0.1) is 0 Å². The Kier molecular flexibility index (Phi) is 5.36. The van der Waals surface area contributed by atoms with Crippen molar-refractivity contribution in [2.24, 2.45) is 5.92 Å². The van der Waals surface area contributed by atoms with Crippen molar-refractivity contribution < 1.29 is 29.3 Å². The monoisotopic (exact) mass is 376 g/mol. The van der Waals surface area contributed by atoms with E-state index in [1.54, 1.807) is 21.9 Å². The summed E-state index contributed by atoms with van der Waals surface area (Å²) in [6, 6.07) is 7.23. The zero-order valence-corrected chi connectivity index (χ0v) is 15.3. The van der Waals surface area contributed by atoms with Gasteiger partial charge in [0, 0.05) is 38.9 Å². The lowest BCUT2D eigenvalue weighted by Crippen LogP contribution is -2.52. The highest BCUT2D eigenvalue weighted by Crippen LogP contribution is 2.34. The molecule has 1 unspecified atom stereocenters. The zero-order valence-electron chi connectivity index (χ0n) is 15.3. The van der Waals surface area contributed by atoms with Crippen molar-refractivity contribution in [3.05, 3.63) is 24.3 Å². The molecule has 0 aromatic heterocycles. The third kappa shape index (κ3) is 3.75. The minimum absolute atomic E-state index is 0.00831. The first-order chi connectivity index (χ1) is 12.9. The summed E-state index contributed by atoms with van der Waals surface area (Å²) in [5.74, 6) is -1.45. The number of carbonyl (C=O) groups is 3. The average Bonchev–Trinajstić information content (AvgIpc) is 3.04. The Balaban J connectivity index is 1.68. The molecule has 2 heterocycles. The number of ether oxygens (including phenoxy) is 1. The number of aliphatic hydroxyl groups is 1. The summed E-state index contributed by atoms with van der Waals surface area (Å²) in [6.07, 6.45) is 0.0935. The standard InChI is InChI=1S/C19H24N2O6/c1-2-27-15-6-4-3-5-14(15)21-12-13(11-16(21)22)17(23)20-9-7-19(26,8-10-20)18(24)25/h3-6,13,26H,2,7-12H2,1H3,(H,24,25). The molecule has 2 fully saturated rings. The van der Waals surface area contributed by atoms with E-state index in [-0.39, 0.29) is 50.7 Å². The fourth-order valence-electron chi connectivity index (χ4n) is 3.63. The third-order valence-corrected chi connectivity index (χ3v) is 5.23. The Morgan fingerprint density at radius 3 is 2.56 bits per heavy atom. The van der Waals surface area contributed by atoms with Crippen molar-refractivity contribution >= 4 is 23.5 Å². The summed E-state index contributed by atoms with van der Waals surface area (Å²) in [5, 5.41) is 19.1. The Morgan fingerprint density at radius 1 is 1.26 bits per heavy atom. The molecule has 0 aliphatic carbocycles. The van der Waals surface area contributed by atoms with E-state index in [4.69, 9.17) is 9.84 Å². The molecule has 2 aliphatic rings. The molecule has 2 amide bonds. The second kappa shape index (κ2) is 7.56. The van der Waals surface area contributed by atoms with Crippen molar-refractivity contribution in [3.63, 3.8) is 0 Å². The van der Waals surface area contributed by atoms with Gasteiger partial charge < -0.3 is 24.7 Å². The summed E-state index contributed by atoms with van der Waals surface area (Å²) in [6.45, 7) is 2.94. The molecule has 1 aromatic rings. The van der Waals surface area contributed by atoms with E-state index in [1.807, 2.05) is 19.1 Å². The van der Waals surface area contributed by atoms with Crippen LogP contribution < -0.4 is 9.64 Å². The lowest BCUT2D eigenvalue weighted by molar-refractivity contribution is -0.165. The molecule has 1 atom stereocenters. The van der Waals surface area contributed by atoms with E-state index < -0.39 is 17.5 Å². The SMILES string of the molecule is CCOc1ccccc1N1CC(C(=O)N2CCC(O)(C(=O)O)CC2)CC1=O. The van der Waals surface area contributed by atoms with Gasteiger partial charge in [0.1, 0.15) is 5.75 Å². The highest BCUT2D eigenvalue weighted by atomic mass is 16.5. The molecule has 0 bridgehead atoms.